The number of hydrogen-bond acceptors (Lipinski definition) is 5. The second kappa shape index (κ2) is 5.82. The number of halogens is 1. The van der Waals surface area contributed by atoms with Gasteiger partial charge in [-0.05, 0) is 0 Å². The smallest absolute Gasteiger partial charge is 0.134 e. The molecule has 0 aromatic carbocycles. The summed E-state index contributed by atoms with van der Waals surface area (Å²) in [4.78, 5) is 7.94. The zero-order chi connectivity index (χ0) is 10.5. The van der Waals surface area contributed by atoms with E-state index in [-0.39, 0.29) is 0 Å². The first-order chi connectivity index (χ1) is 7.34. The SMILES string of the molecule is Clc1cc(NCC2CSCCS2)ncn1. The number of aromatic nitrogens is 2. The lowest BCUT2D eigenvalue weighted by molar-refractivity contribution is 0.987. The zero-order valence-electron chi connectivity index (χ0n) is 8.15. The molecule has 6 heteroatoms. The minimum Gasteiger partial charge on any atom is -0.369 e. The van der Waals surface area contributed by atoms with Crippen molar-refractivity contribution in [3.8, 4) is 0 Å². The Kier molecular flexibility index (Phi) is 4.41. The van der Waals surface area contributed by atoms with Crippen LogP contribution in [0, 0.1) is 0 Å². The number of anilines is 1. The number of nitrogens with one attached hydrogen (secondary N) is 1. The molecule has 0 saturated carbocycles. The van der Waals surface area contributed by atoms with E-state index in [4.69, 9.17) is 11.6 Å². The van der Waals surface area contributed by atoms with E-state index in [9.17, 15) is 0 Å². The van der Waals surface area contributed by atoms with E-state index in [1.165, 1.54) is 23.6 Å². The van der Waals surface area contributed by atoms with Gasteiger partial charge in [0.05, 0.1) is 0 Å². The van der Waals surface area contributed by atoms with Gasteiger partial charge in [-0.1, -0.05) is 11.6 Å². The molecule has 0 bridgehead atoms. The van der Waals surface area contributed by atoms with Gasteiger partial charge in [0.15, 0.2) is 0 Å². The fraction of sp³-hybridized carbons (Fsp3) is 0.556. The summed E-state index contributed by atoms with van der Waals surface area (Å²) in [6, 6.07) is 1.75. The van der Waals surface area contributed by atoms with E-state index >= 15 is 0 Å². The lowest BCUT2D eigenvalue weighted by Crippen LogP contribution is -2.23. The van der Waals surface area contributed by atoms with Crippen molar-refractivity contribution < 1.29 is 0 Å². The summed E-state index contributed by atoms with van der Waals surface area (Å²) in [7, 11) is 0. The summed E-state index contributed by atoms with van der Waals surface area (Å²) in [5, 5.41) is 4.45. The highest BCUT2D eigenvalue weighted by atomic mass is 35.5. The third-order valence-corrected chi connectivity index (χ3v) is 5.08. The summed E-state index contributed by atoms with van der Waals surface area (Å²) < 4.78 is 0. The Balaban J connectivity index is 1.81. The summed E-state index contributed by atoms with van der Waals surface area (Å²) >= 11 is 9.81. The first-order valence-electron chi connectivity index (χ1n) is 4.75. The van der Waals surface area contributed by atoms with Crippen molar-refractivity contribution in [2.24, 2.45) is 0 Å². The molecule has 1 N–H and O–H groups in total. The highest BCUT2D eigenvalue weighted by Gasteiger charge is 2.13. The van der Waals surface area contributed by atoms with Gasteiger partial charge in [0.25, 0.3) is 0 Å². The van der Waals surface area contributed by atoms with Crippen LogP contribution >= 0.6 is 35.1 Å². The van der Waals surface area contributed by atoms with Gasteiger partial charge in [0.1, 0.15) is 17.3 Å². The Bertz CT molecular complexity index is 318. The molecule has 3 nitrogen and oxygen atoms in total. The van der Waals surface area contributed by atoms with Gasteiger partial charge in [-0.2, -0.15) is 23.5 Å². The number of nitrogens with zero attached hydrogens (tertiary/aromatic N) is 2. The Morgan fingerprint density at radius 3 is 3.13 bits per heavy atom. The van der Waals surface area contributed by atoms with Crippen molar-refractivity contribution in [3.05, 3.63) is 17.5 Å². The van der Waals surface area contributed by atoms with Gasteiger partial charge in [0, 0.05) is 35.1 Å². The molecule has 15 heavy (non-hydrogen) atoms. The largest absolute Gasteiger partial charge is 0.369 e. The van der Waals surface area contributed by atoms with Crippen LogP contribution in [-0.2, 0) is 0 Å². The summed E-state index contributed by atoms with van der Waals surface area (Å²) in [5.41, 5.74) is 0. The highest BCUT2D eigenvalue weighted by molar-refractivity contribution is 8.06. The van der Waals surface area contributed by atoms with Crippen LogP contribution < -0.4 is 5.32 Å². The average Bonchev–Trinajstić information content (AvgIpc) is 2.28. The maximum absolute atomic E-state index is 5.77. The molecule has 2 rings (SSSR count). The van der Waals surface area contributed by atoms with E-state index in [2.05, 4.69) is 15.3 Å². The molecule has 1 aromatic heterocycles. The third kappa shape index (κ3) is 3.74. The molecule has 1 atom stereocenters. The molecule has 0 radical (unpaired) electrons. The quantitative estimate of drug-likeness (QED) is 0.846. The van der Waals surface area contributed by atoms with Crippen molar-refractivity contribution in [2.45, 2.75) is 5.25 Å². The Morgan fingerprint density at radius 2 is 2.40 bits per heavy atom. The molecule has 1 saturated heterocycles. The Morgan fingerprint density at radius 1 is 1.47 bits per heavy atom. The van der Waals surface area contributed by atoms with Gasteiger partial charge >= 0.3 is 0 Å². The molecule has 0 amide bonds. The fourth-order valence-corrected chi connectivity index (χ4v) is 4.06. The summed E-state index contributed by atoms with van der Waals surface area (Å²) in [6.07, 6.45) is 1.48. The molecule has 1 aromatic rings. The first kappa shape index (κ1) is 11.4. The fourth-order valence-electron chi connectivity index (χ4n) is 1.30. The van der Waals surface area contributed by atoms with Crippen molar-refractivity contribution in [1.29, 1.82) is 0 Å². The van der Waals surface area contributed by atoms with E-state index in [0.717, 1.165) is 12.4 Å². The second-order valence-electron chi connectivity index (χ2n) is 3.17. The van der Waals surface area contributed by atoms with E-state index in [1.54, 1.807) is 6.07 Å². The Hall–Kier alpha value is -0.130. The van der Waals surface area contributed by atoms with Crippen LogP contribution in [0.5, 0.6) is 0 Å². The van der Waals surface area contributed by atoms with Gasteiger partial charge in [-0.3, -0.25) is 0 Å². The van der Waals surface area contributed by atoms with Crippen molar-refractivity contribution in [2.75, 3.05) is 29.1 Å². The van der Waals surface area contributed by atoms with Gasteiger partial charge in [0.2, 0.25) is 0 Å². The van der Waals surface area contributed by atoms with Crippen LogP contribution in [0.4, 0.5) is 5.82 Å². The van der Waals surface area contributed by atoms with Crippen molar-refractivity contribution >= 4 is 40.9 Å². The molecule has 1 fully saturated rings. The number of thioether (sulfide) groups is 2. The second-order valence-corrected chi connectivity index (χ2v) is 6.12. The molecule has 1 aliphatic rings. The van der Waals surface area contributed by atoms with Crippen molar-refractivity contribution in [1.82, 2.24) is 9.97 Å². The molecule has 82 valence electrons. The third-order valence-electron chi connectivity index (χ3n) is 2.03. The van der Waals surface area contributed by atoms with Crippen LogP contribution in [0.25, 0.3) is 0 Å². The molecular weight excluding hydrogens is 250 g/mol. The number of rotatable bonds is 3. The lowest BCUT2D eigenvalue weighted by Gasteiger charge is -2.21. The van der Waals surface area contributed by atoms with Crippen LogP contribution in [0.2, 0.25) is 5.15 Å². The predicted molar refractivity (Wildman–Crippen MR) is 69.1 cm³/mol. The van der Waals surface area contributed by atoms with Crippen LogP contribution in [0.1, 0.15) is 0 Å². The molecule has 1 aliphatic heterocycles. The van der Waals surface area contributed by atoms with Crippen molar-refractivity contribution in [3.63, 3.8) is 0 Å². The Labute approximate surface area is 103 Å². The topological polar surface area (TPSA) is 37.8 Å². The number of hydrogen-bond donors (Lipinski definition) is 1. The average molecular weight is 262 g/mol. The van der Waals surface area contributed by atoms with E-state index in [0.29, 0.717) is 10.4 Å². The highest BCUT2D eigenvalue weighted by Crippen LogP contribution is 2.24. The van der Waals surface area contributed by atoms with E-state index in [1.807, 2.05) is 23.5 Å². The maximum atomic E-state index is 5.77. The van der Waals surface area contributed by atoms with Gasteiger partial charge in [-0.25, -0.2) is 9.97 Å². The zero-order valence-corrected chi connectivity index (χ0v) is 10.5. The minimum atomic E-state index is 0.484. The van der Waals surface area contributed by atoms with Gasteiger partial charge in [-0.15, -0.1) is 0 Å². The first-order valence-corrected chi connectivity index (χ1v) is 7.33. The monoisotopic (exact) mass is 261 g/mol. The standard InChI is InChI=1S/C9H12ClN3S2/c10-8-3-9(13-6-12-8)11-4-7-5-14-1-2-15-7/h3,6-7H,1-2,4-5H2,(H,11,12,13). The summed E-state index contributed by atoms with van der Waals surface area (Å²) in [5.74, 6) is 4.56. The predicted octanol–water partition coefficient (Wildman–Crippen LogP) is 2.39. The van der Waals surface area contributed by atoms with E-state index < -0.39 is 0 Å². The lowest BCUT2D eigenvalue weighted by atomic mass is 10.4. The molecular formula is C9H12ClN3S2. The van der Waals surface area contributed by atoms with Crippen LogP contribution in [-0.4, -0.2) is 39.0 Å². The normalized spacial score (nSPS) is 21.3. The van der Waals surface area contributed by atoms with Crippen LogP contribution in [0.3, 0.4) is 0 Å². The van der Waals surface area contributed by atoms with Gasteiger partial charge < -0.3 is 5.32 Å². The molecule has 0 spiro atoms. The van der Waals surface area contributed by atoms with Crippen LogP contribution in [0.15, 0.2) is 12.4 Å². The minimum absolute atomic E-state index is 0.484. The molecule has 2 heterocycles. The summed E-state index contributed by atoms with van der Waals surface area (Å²) in [6.45, 7) is 0.949. The molecule has 0 aliphatic carbocycles. The maximum Gasteiger partial charge on any atom is 0.134 e. The molecule has 1 unspecified atom stereocenters.